The summed E-state index contributed by atoms with van der Waals surface area (Å²) in [5, 5.41) is 7.30. The Bertz CT molecular complexity index is 1100. The molecule has 2 bridgehead atoms. The molecule has 2 saturated heterocycles. The number of fused-ring (bicyclic) bond motifs is 2. The van der Waals surface area contributed by atoms with Gasteiger partial charge < -0.3 is 10.2 Å². The van der Waals surface area contributed by atoms with Crippen molar-refractivity contribution in [1.29, 1.82) is 0 Å². The highest BCUT2D eigenvalue weighted by Gasteiger charge is 2.58. The highest BCUT2D eigenvalue weighted by molar-refractivity contribution is 5.91. The highest BCUT2D eigenvalue weighted by Crippen LogP contribution is 2.50. The molecule has 2 fully saturated rings. The van der Waals surface area contributed by atoms with E-state index in [9.17, 15) is 9.18 Å². The van der Waals surface area contributed by atoms with Crippen molar-refractivity contribution in [3.63, 3.8) is 0 Å². The topological polar surface area (TPSA) is 88.8 Å². The van der Waals surface area contributed by atoms with E-state index < -0.39 is 5.82 Å². The maximum atomic E-state index is 13.3. The molecule has 5 rings (SSSR count). The lowest BCUT2D eigenvalue weighted by atomic mass is 9.64. The molecule has 0 aliphatic carbocycles. The van der Waals surface area contributed by atoms with Crippen LogP contribution in [0.3, 0.4) is 0 Å². The summed E-state index contributed by atoms with van der Waals surface area (Å²) in [5.74, 6) is 0.502. The summed E-state index contributed by atoms with van der Waals surface area (Å²) < 4.78 is 15.0. The van der Waals surface area contributed by atoms with Crippen molar-refractivity contribution >= 4 is 11.7 Å². The number of rotatable bonds is 4. The Morgan fingerprint density at radius 3 is 2.84 bits per heavy atom. The molecular formula is C22H24FN7O. The number of nitrogens with one attached hydrogen (secondary N) is 1. The third-order valence-electron chi connectivity index (χ3n) is 6.39. The Morgan fingerprint density at radius 2 is 2.10 bits per heavy atom. The van der Waals surface area contributed by atoms with Gasteiger partial charge in [-0.3, -0.25) is 4.68 Å². The average molecular weight is 421 g/mol. The average Bonchev–Trinajstić information content (AvgIpc) is 3.22. The lowest BCUT2D eigenvalue weighted by Crippen LogP contribution is -2.73. The summed E-state index contributed by atoms with van der Waals surface area (Å²) in [6, 6.07) is 5.73. The van der Waals surface area contributed by atoms with Crippen molar-refractivity contribution in [2.75, 3.05) is 5.32 Å². The Balaban J connectivity index is 1.38. The van der Waals surface area contributed by atoms with Crippen molar-refractivity contribution in [2.45, 2.75) is 51.2 Å². The van der Waals surface area contributed by atoms with Crippen LogP contribution < -0.4 is 5.32 Å². The van der Waals surface area contributed by atoms with Crippen LogP contribution in [0, 0.1) is 18.7 Å². The van der Waals surface area contributed by atoms with Gasteiger partial charge in [-0.15, -0.1) is 0 Å². The zero-order chi connectivity index (χ0) is 21.6. The number of aryl methyl sites for hydroxylation is 1. The predicted octanol–water partition coefficient (Wildman–Crippen LogP) is 3.66. The molecular weight excluding hydrogens is 397 g/mol. The van der Waals surface area contributed by atoms with Crippen LogP contribution in [0.1, 0.15) is 31.7 Å². The monoisotopic (exact) mass is 421 g/mol. The van der Waals surface area contributed by atoms with Crippen LogP contribution >= 0.6 is 0 Å². The first-order chi connectivity index (χ1) is 14.9. The van der Waals surface area contributed by atoms with Crippen LogP contribution in [0.4, 0.5) is 14.9 Å². The van der Waals surface area contributed by atoms with Crippen molar-refractivity contribution in [1.82, 2.24) is 29.6 Å². The van der Waals surface area contributed by atoms with E-state index in [-0.39, 0.29) is 17.6 Å². The van der Waals surface area contributed by atoms with Gasteiger partial charge in [0.2, 0.25) is 0 Å². The number of hydrogen-bond acceptors (Lipinski definition) is 5. The van der Waals surface area contributed by atoms with E-state index in [1.165, 1.54) is 6.33 Å². The van der Waals surface area contributed by atoms with Gasteiger partial charge in [-0.2, -0.15) is 5.10 Å². The van der Waals surface area contributed by atoms with Crippen molar-refractivity contribution in [3.8, 4) is 11.4 Å². The van der Waals surface area contributed by atoms with E-state index in [0.29, 0.717) is 24.0 Å². The number of amides is 2. The van der Waals surface area contributed by atoms with Crippen LogP contribution in [0.2, 0.25) is 0 Å². The van der Waals surface area contributed by atoms with Gasteiger partial charge in [0, 0.05) is 17.3 Å². The molecule has 0 saturated carbocycles. The van der Waals surface area contributed by atoms with Gasteiger partial charge in [0.25, 0.3) is 0 Å². The lowest BCUT2D eigenvalue weighted by molar-refractivity contribution is -0.100. The van der Waals surface area contributed by atoms with Crippen LogP contribution in [-0.2, 0) is 6.54 Å². The van der Waals surface area contributed by atoms with Crippen molar-refractivity contribution < 1.29 is 9.18 Å². The summed E-state index contributed by atoms with van der Waals surface area (Å²) >= 11 is 0. The first-order valence-electron chi connectivity index (χ1n) is 10.4. The molecule has 2 aromatic heterocycles. The number of piperidine rings is 1. The summed E-state index contributed by atoms with van der Waals surface area (Å²) in [6.45, 7) is 4.82. The first-order valence-corrected chi connectivity index (χ1v) is 10.4. The van der Waals surface area contributed by atoms with E-state index in [0.717, 1.165) is 42.8 Å². The Hall–Kier alpha value is -3.36. The minimum Gasteiger partial charge on any atom is -0.314 e. The maximum Gasteiger partial charge on any atom is 0.322 e. The number of nitrogens with zero attached hydrogens (tertiary/aromatic N) is 6. The van der Waals surface area contributed by atoms with Crippen LogP contribution in [0.5, 0.6) is 0 Å². The summed E-state index contributed by atoms with van der Waals surface area (Å²) in [5.41, 5.74) is 2.12. The number of carbonyl (C=O) groups is 1. The van der Waals surface area contributed by atoms with E-state index in [4.69, 9.17) is 0 Å². The highest BCUT2D eigenvalue weighted by atomic mass is 19.1. The van der Waals surface area contributed by atoms with Gasteiger partial charge in [0.1, 0.15) is 12.7 Å². The summed E-state index contributed by atoms with van der Waals surface area (Å²) in [4.78, 5) is 27.5. The number of benzene rings is 1. The van der Waals surface area contributed by atoms with Gasteiger partial charge in [-0.05, 0) is 49.8 Å². The molecule has 160 valence electrons. The van der Waals surface area contributed by atoms with Crippen molar-refractivity contribution in [2.24, 2.45) is 5.92 Å². The molecule has 4 heterocycles. The Morgan fingerprint density at radius 1 is 1.29 bits per heavy atom. The number of hydrogen-bond donors (Lipinski definition) is 1. The van der Waals surface area contributed by atoms with Gasteiger partial charge in [0.05, 0.1) is 24.5 Å². The zero-order valence-electron chi connectivity index (χ0n) is 17.5. The molecule has 0 radical (unpaired) electrons. The van der Waals surface area contributed by atoms with Gasteiger partial charge in [-0.25, -0.2) is 24.1 Å². The fraction of sp³-hybridized carbons (Fsp3) is 0.409. The predicted molar refractivity (Wildman–Crippen MR) is 113 cm³/mol. The van der Waals surface area contributed by atoms with Gasteiger partial charge >= 0.3 is 6.03 Å². The largest absolute Gasteiger partial charge is 0.322 e. The minimum atomic E-state index is -0.484. The number of carbonyl (C=O) groups excluding carboxylic acids is 1. The normalized spacial score (nSPS) is 24.5. The van der Waals surface area contributed by atoms with E-state index in [1.54, 1.807) is 6.33 Å². The second-order valence-electron chi connectivity index (χ2n) is 8.78. The van der Waals surface area contributed by atoms with Gasteiger partial charge in [0.15, 0.2) is 11.6 Å². The number of halogens is 1. The Kier molecular flexibility index (Phi) is 4.68. The molecule has 3 atom stereocenters. The number of anilines is 1. The quantitative estimate of drug-likeness (QED) is 0.695. The third-order valence-corrected chi connectivity index (χ3v) is 6.39. The van der Waals surface area contributed by atoms with Crippen molar-refractivity contribution in [3.05, 3.63) is 54.6 Å². The molecule has 2 aliphatic rings. The molecule has 1 aromatic carbocycles. The van der Waals surface area contributed by atoms with Crippen LogP contribution in [0.15, 0.2) is 43.2 Å². The number of urea groups is 1. The SMILES string of the molecule is Cc1ccc(NC(=O)N2[C@@H]3C[C@H](C)C[C@@]2(Cn2cncn2)C3)cc1-c1ncc(F)cn1. The van der Waals surface area contributed by atoms with Crippen LogP contribution in [-0.4, -0.2) is 47.2 Å². The Labute approximate surface area is 179 Å². The first kappa shape index (κ1) is 19.6. The summed E-state index contributed by atoms with van der Waals surface area (Å²) in [7, 11) is 0. The second-order valence-corrected chi connectivity index (χ2v) is 8.78. The fourth-order valence-corrected chi connectivity index (χ4v) is 5.25. The molecule has 31 heavy (non-hydrogen) atoms. The third kappa shape index (κ3) is 3.54. The van der Waals surface area contributed by atoms with E-state index in [2.05, 4.69) is 32.3 Å². The molecule has 0 unspecified atom stereocenters. The smallest absolute Gasteiger partial charge is 0.314 e. The summed E-state index contributed by atoms with van der Waals surface area (Å²) in [6.07, 6.45) is 8.44. The lowest BCUT2D eigenvalue weighted by Gasteiger charge is -2.63. The second kappa shape index (κ2) is 7.40. The molecule has 2 amide bonds. The molecule has 3 aromatic rings. The molecule has 2 aliphatic heterocycles. The van der Waals surface area contributed by atoms with E-state index >= 15 is 0 Å². The molecule has 8 nitrogen and oxygen atoms in total. The van der Waals surface area contributed by atoms with E-state index in [1.807, 2.05) is 34.7 Å². The standard InChI is InChI=1S/C22H24FN7O/c1-14-5-18-8-22(7-14,11-29-13-24-12-27-29)30(18)21(31)28-17-4-3-15(2)19(6-17)20-25-9-16(23)10-26-20/h3-4,6,9-10,12-14,18H,5,7-8,11H2,1-2H3,(H,28,31)/t14-,18+,22-/m0/s1. The zero-order valence-corrected chi connectivity index (χ0v) is 17.5. The molecule has 0 spiro atoms. The van der Waals surface area contributed by atoms with Crippen LogP contribution in [0.25, 0.3) is 11.4 Å². The fourth-order valence-electron chi connectivity index (χ4n) is 5.25. The van der Waals surface area contributed by atoms with Gasteiger partial charge in [-0.1, -0.05) is 13.0 Å². The maximum absolute atomic E-state index is 13.3. The minimum absolute atomic E-state index is 0.113. The molecule has 1 N–H and O–H groups in total. The molecule has 9 heteroatoms. The number of aromatic nitrogens is 5.